The molecule has 1 aliphatic heterocycles. The van der Waals surface area contributed by atoms with Crippen LogP contribution in [0.5, 0.6) is 0 Å². The predicted molar refractivity (Wildman–Crippen MR) is 53.6 cm³/mol. The molecule has 0 aromatic carbocycles. The second-order valence-corrected chi connectivity index (χ2v) is 4.55. The van der Waals surface area contributed by atoms with Crippen LogP contribution in [0.15, 0.2) is 0 Å². The number of likely N-dealkylation sites (N-methyl/N-ethyl adjacent to an activating group) is 1. The van der Waals surface area contributed by atoms with Gasteiger partial charge in [0, 0.05) is 13.1 Å². The van der Waals surface area contributed by atoms with Crippen LogP contribution >= 0.6 is 0 Å². The summed E-state index contributed by atoms with van der Waals surface area (Å²) >= 11 is 0. The zero-order valence-electron chi connectivity index (χ0n) is 8.99. The maximum absolute atomic E-state index is 6.02. The highest BCUT2D eigenvalue weighted by molar-refractivity contribution is 5.06. The number of rotatable bonds is 1. The van der Waals surface area contributed by atoms with Gasteiger partial charge in [-0.15, -0.1) is 10.2 Å². The van der Waals surface area contributed by atoms with Crippen LogP contribution in [0.25, 0.3) is 0 Å². The highest BCUT2D eigenvalue weighted by atomic mass is 15.3. The Morgan fingerprint density at radius 2 is 2.00 bits per heavy atom. The summed E-state index contributed by atoms with van der Waals surface area (Å²) in [6.07, 6.45) is 0. The van der Waals surface area contributed by atoms with Gasteiger partial charge in [-0.2, -0.15) is 0 Å². The van der Waals surface area contributed by atoms with E-state index >= 15 is 0 Å². The fourth-order valence-corrected chi connectivity index (χ4v) is 1.76. The number of hydrogen-bond acceptors (Lipinski definition) is 4. The Hall–Kier alpha value is -0.940. The standard InChI is InChI=1S/C9H17N5/c1-9(2,10)8-12-11-7-6-13(3)4-5-14(7)8/h4-6,10H2,1-3H3. The Bertz CT molecular complexity index is 335. The second-order valence-electron chi connectivity index (χ2n) is 4.55. The molecule has 0 saturated carbocycles. The van der Waals surface area contributed by atoms with E-state index in [1.807, 2.05) is 13.8 Å². The maximum atomic E-state index is 6.02. The van der Waals surface area contributed by atoms with Gasteiger partial charge >= 0.3 is 0 Å². The molecule has 0 atom stereocenters. The van der Waals surface area contributed by atoms with Gasteiger partial charge in [-0.3, -0.25) is 4.90 Å². The van der Waals surface area contributed by atoms with Crippen LogP contribution < -0.4 is 5.73 Å². The van der Waals surface area contributed by atoms with Gasteiger partial charge < -0.3 is 10.3 Å². The third kappa shape index (κ3) is 1.53. The van der Waals surface area contributed by atoms with Crippen LogP contribution in [-0.4, -0.2) is 33.3 Å². The number of fused-ring (bicyclic) bond motifs is 1. The summed E-state index contributed by atoms with van der Waals surface area (Å²) in [5, 5.41) is 8.33. The average Bonchev–Trinajstić information content (AvgIpc) is 2.45. The zero-order valence-corrected chi connectivity index (χ0v) is 8.99. The van der Waals surface area contributed by atoms with E-state index in [0.29, 0.717) is 0 Å². The van der Waals surface area contributed by atoms with Crippen LogP contribution in [0, 0.1) is 0 Å². The van der Waals surface area contributed by atoms with Crippen molar-refractivity contribution >= 4 is 0 Å². The minimum Gasteiger partial charge on any atom is -0.319 e. The van der Waals surface area contributed by atoms with Gasteiger partial charge in [0.2, 0.25) is 0 Å². The smallest absolute Gasteiger partial charge is 0.152 e. The average molecular weight is 195 g/mol. The molecule has 0 bridgehead atoms. The highest BCUT2D eigenvalue weighted by Gasteiger charge is 2.26. The summed E-state index contributed by atoms with van der Waals surface area (Å²) in [7, 11) is 2.09. The first-order valence-corrected chi connectivity index (χ1v) is 4.88. The number of nitrogens with two attached hydrogens (primary N) is 1. The van der Waals surface area contributed by atoms with Crippen molar-refractivity contribution in [1.29, 1.82) is 0 Å². The lowest BCUT2D eigenvalue weighted by Crippen LogP contribution is -2.37. The third-order valence-electron chi connectivity index (χ3n) is 2.52. The predicted octanol–water partition coefficient (Wildman–Crippen LogP) is -0.0827. The maximum Gasteiger partial charge on any atom is 0.152 e. The summed E-state index contributed by atoms with van der Waals surface area (Å²) in [6.45, 7) is 6.76. The van der Waals surface area contributed by atoms with Gasteiger partial charge in [-0.1, -0.05) is 0 Å². The van der Waals surface area contributed by atoms with E-state index in [0.717, 1.165) is 31.3 Å². The quantitative estimate of drug-likeness (QED) is 0.680. The first kappa shape index (κ1) is 9.61. The Kier molecular flexibility index (Phi) is 2.08. The monoisotopic (exact) mass is 195 g/mol. The van der Waals surface area contributed by atoms with Crippen molar-refractivity contribution in [2.75, 3.05) is 13.6 Å². The van der Waals surface area contributed by atoms with E-state index in [-0.39, 0.29) is 0 Å². The fraction of sp³-hybridized carbons (Fsp3) is 0.778. The van der Waals surface area contributed by atoms with Gasteiger partial charge in [0.25, 0.3) is 0 Å². The van der Waals surface area contributed by atoms with Crippen molar-refractivity contribution < 1.29 is 0 Å². The Morgan fingerprint density at radius 1 is 1.29 bits per heavy atom. The van der Waals surface area contributed by atoms with Gasteiger partial charge in [-0.25, -0.2) is 0 Å². The van der Waals surface area contributed by atoms with Crippen LogP contribution in [0.4, 0.5) is 0 Å². The van der Waals surface area contributed by atoms with Crippen molar-refractivity contribution in [2.24, 2.45) is 5.73 Å². The Morgan fingerprint density at radius 3 is 2.64 bits per heavy atom. The molecule has 0 amide bonds. The fourth-order valence-electron chi connectivity index (χ4n) is 1.76. The molecule has 5 nitrogen and oxygen atoms in total. The Labute approximate surface area is 83.9 Å². The van der Waals surface area contributed by atoms with E-state index in [1.165, 1.54) is 0 Å². The molecular formula is C9H17N5. The van der Waals surface area contributed by atoms with Crippen molar-refractivity contribution in [1.82, 2.24) is 19.7 Å². The second kappa shape index (κ2) is 3.03. The number of aromatic nitrogens is 3. The molecule has 2 N–H and O–H groups in total. The first-order valence-electron chi connectivity index (χ1n) is 4.88. The molecule has 0 saturated heterocycles. The van der Waals surface area contributed by atoms with Gasteiger partial charge in [0.1, 0.15) is 5.82 Å². The van der Waals surface area contributed by atoms with E-state index in [4.69, 9.17) is 5.73 Å². The minimum absolute atomic E-state index is 0.402. The van der Waals surface area contributed by atoms with Crippen LogP contribution in [0.2, 0.25) is 0 Å². The zero-order chi connectivity index (χ0) is 10.3. The van der Waals surface area contributed by atoms with E-state index in [1.54, 1.807) is 0 Å². The van der Waals surface area contributed by atoms with Crippen LogP contribution in [0.3, 0.4) is 0 Å². The molecule has 2 heterocycles. The molecule has 0 aliphatic carbocycles. The SMILES string of the molecule is CN1CCn2c(nnc2C(C)(C)N)C1. The molecule has 1 aromatic rings. The lowest BCUT2D eigenvalue weighted by atomic mass is 10.1. The topological polar surface area (TPSA) is 60.0 Å². The summed E-state index contributed by atoms with van der Waals surface area (Å²) < 4.78 is 2.14. The third-order valence-corrected chi connectivity index (χ3v) is 2.52. The van der Waals surface area contributed by atoms with Gasteiger partial charge in [0.05, 0.1) is 12.1 Å². The van der Waals surface area contributed by atoms with Crippen molar-refractivity contribution in [3.8, 4) is 0 Å². The number of hydrogen-bond donors (Lipinski definition) is 1. The molecule has 0 spiro atoms. The summed E-state index contributed by atoms with van der Waals surface area (Å²) in [6, 6.07) is 0. The van der Waals surface area contributed by atoms with E-state index in [2.05, 4.69) is 26.7 Å². The lowest BCUT2D eigenvalue weighted by molar-refractivity contribution is 0.257. The molecule has 5 heteroatoms. The van der Waals surface area contributed by atoms with Crippen molar-refractivity contribution in [2.45, 2.75) is 32.5 Å². The first-order chi connectivity index (χ1) is 6.48. The van der Waals surface area contributed by atoms with Crippen molar-refractivity contribution in [3.63, 3.8) is 0 Å². The minimum atomic E-state index is -0.402. The molecule has 0 fully saturated rings. The van der Waals surface area contributed by atoms with Gasteiger partial charge in [0.15, 0.2) is 5.82 Å². The van der Waals surface area contributed by atoms with E-state index in [9.17, 15) is 0 Å². The van der Waals surface area contributed by atoms with Crippen LogP contribution in [0.1, 0.15) is 25.5 Å². The molecule has 14 heavy (non-hydrogen) atoms. The summed E-state index contributed by atoms with van der Waals surface area (Å²) in [5.74, 6) is 1.91. The highest BCUT2D eigenvalue weighted by Crippen LogP contribution is 2.18. The molecule has 1 aliphatic rings. The van der Waals surface area contributed by atoms with Crippen molar-refractivity contribution in [3.05, 3.63) is 11.6 Å². The summed E-state index contributed by atoms with van der Waals surface area (Å²) in [5.41, 5.74) is 5.62. The van der Waals surface area contributed by atoms with Crippen LogP contribution in [-0.2, 0) is 18.6 Å². The Balaban J connectivity index is 2.38. The molecular weight excluding hydrogens is 178 g/mol. The van der Waals surface area contributed by atoms with Gasteiger partial charge in [-0.05, 0) is 20.9 Å². The molecule has 0 radical (unpaired) electrons. The molecule has 78 valence electrons. The molecule has 2 rings (SSSR count). The van der Waals surface area contributed by atoms with E-state index < -0.39 is 5.54 Å². The molecule has 1 aromatic heterocycles. The largest absolute Gasteiger partial charge is 0.319 e. The molecule has 0 unspecified atom stereocenters. The normalized spacial score (nSPS) is 18.3. The number of nitrogens with zero attached hydrogens (tertiary/aromatic N) is 4. The lowest BCUT2D eigenvalue weighted by Gasteiger charge is -2.26. The summed E-state index contributed by atoms with van der Waals surface area (Å²) in [4.78, 5) is 2.23.